The van der Waals surface area contributed by atoms with Gasteiger partial charge < -0.3 is 10.2 Å². The molecule has 0 aromatic carbocycles. The summed E-state index contributed by atoms with van der Waals surface area (Å²) in [4.78, 5) is 13.6. The van der Waals surface area contributed by atoms with Crippen molar-refractivity contribution in [1.29, 1.82) is 0 Å². The van der Waals surface area contributed by atoms with Crippen LogP contribution in [0.15, 0.2) is 0 Å². The van der Waals surface area contributed by atoms with E-state index in [1.165, 1.54) is 0 Å². The van der Waals surface area contributed by atoms with Crippen molar-refractivity contribution in [3.8, 4) is 0 Å². The van der Waals surface area contributed by atoms with Crippen LogP contribution in [-0.4, -0.2) is 37.5 Å². The Hall–Kier alpha value is -0.570. The fourth-order valence-electron chi connectivity index (χ4n) is 1.72. The summed E-state index contributed by atoms with van der Waals surface area (Å²) >= 11 is 0. The molecule has 12 heavy (non-hydrogen) atoms. The highest BCUT2D eigenvalue weighted by atomic mass is 16.1. The predicted molar refractivity (Wildman–Crippen MR) is 51.0 cm³/mol. The van der Waals surface area contributed by atoms with Crippen LogP contribution in [0.3, 0.4) is 0 Å². The number of rotatable bonds is 2. The molecule has 1 heterocycles. The number of likely N-dealkylation sites (tertiary alicyclic amines) is 1. The minimum absolute atomic E-state index is 0. The zero-order valence-corrected chi connectivity index (χ0v) is 7.97. The lowest BCUT2D eigenvalue weighted by Gasteiger charge is -2.29. The van der Waals surface area contributed by atoms with Crippen molar-refractivity contribution in [3.05, 3.63) is 0 Å². The third-order valence-electron chi connectivity index (χ3n) is 2.65. The summed E-state index contributed by atoms with van der Waals surface area (Å²) in [5.41, 5.74) is 0. The van der Waals surface area contributed by atoms with Gasteiger partial charge in [-0.3, -0.25) is 4.79 Å². The first kappa shape index (κ1) is 9.52. The Morgan fingerprint density at radius 3 is 2.58 bits per heavy atom. The Morgan fingerprint density at radius 1 is 1.58 bits per heavy atom. The minimum Gasteiger partial charge on any atom is -0.359 e. The summed E-state index contributed by atoms with van der Waals surface area (Å²) in [5.74, 6) is 0.476. The van der Waals surface area contributed by atoms with Crippen molar-refractivity contribution in [2.75, 3.05) is 26.7 Å². The molecule has 1 fully saturated rings. The van der Waals surface area contributed by atoms with Gasteiger partial charge in [-0.05, 0) is 32.5 Å². The molecule has 3 nitrogen and oxygen atoms in total. The second kappa shape index (κ2) is 4.45. The van der Waals surface area contributed by atoms with Crippen molar-refractivity contribution < 1.29 is 6.22 Å². The van der Waals surface area contributed by atoms with E-state index in [9.17, 15) is 4.79 Å². The largest absolute Gasteiger partial charge is 0.359 e. The lowest BCUT2D eigenvalue weighted by molar-refractivity contribution is -0.125. The normalized spacial score (nSPS) is 20.8. The Bertz CT molecular complexity index is 156. The van der Waals surface area contributed by atoms with Gasteiger partial charge in [-0.1, -0.05) is 6.92 Å². The lowest BCUT2D eigenvalue weighted by atomic mass is 9.96. The van der Waals surface area contributed by atoms with E-state index in [1.807, 2.05) is 0 Å². The van der Waals surface area contributed by atoms with Crippen molar-refractivity contribution in [2.24, 2.45) is 5.92 Å². The fourth-order valence-corrected chi connectivity index (χ4v) is 1.72. The van der Waals surface area contributed by atoms with Crippen LogP contribution in [0.4, 0.5) is 0 Å². The van der Waals surface area contributed by atoms with E-state index in [1.54, 1.807) is 7.05 Å². The Balaban J connectivity index is 0.00000144. The molecule has 0 unspecified atom stereocenters. The maximum Gasteiger partial charge on any atom is 0.222 e. The molecule has 0 aromatic rings. The summed E-state index contributed by atoms with van der Waals surface area (Å²) < 4.78 is 0. The number of piperidine rings is 1. The molecular formula is C9H20N2O. The molecule has 1 amide bonds. The molecule has 3 heteroatoms. The van der Waals surface area contributed by atoms with Gasteiger partial charge in [-0.2, -0.15) is 0 Å². The van der Waals surface area contributed by atoms with Gasteiger partial charge in [-0.25, -0.2) is 0 Å². The van der Waals surface area contributed by atoms with Gasteiger partial charge in [0.15, 0.2) is 0 Å². The topological polar surface area (TPSA) is 32.3 Å². The third kappa shape index (κ3) is 2.21. The molecular weight excluding hydrogens is 152 g/mol. The summed E-state index contributed by atoms with van der Waals surface area (Å²) in [5, 5.41) is 2.71. The zero-order chi connectivity index (χ0) is 8.97. The molecule has 0 aliphatic carbocycles. The number of nitrogens with zero attached hydrogens (tertiary/aromatic N) is 1. The van der Waals surface area contributed by atoms with Crippen LogP contribution in [0.1, 0.15) is 21.2 Å². The summed E-state index contributed by atoms with van der Waals surface area (Å²) in [6, 6.07) is 0. The molecule has 1 saturated heterocycles. The van der Waals surface area contributed by atoms with Crippen LogP contribution in [0.5, 0.6) is 0 Å². The highest BCUT2D eigenvalue weighted by Gasteiger charge is 2.22. The maximum absolute atomic E-state index is 11.2. The Morgan fingerprint density at radius 2 is 2.17 bits per heavy atom. The Kier molecular flexibility index (Phi) is 3.53. The standard InChI is InChI=1S/C9H18N2O.H2/c1-3-11-6-4-8(5-7-11)9(12)10-2;/h8H,3-7H2,1-2H3,(H,10,12);1H. The van der Waals surface area contributed by atoms with E-state index in [0.29, 0.717) is 0 Å². The predicted octanol–water partition coefficient (Wildman–Crippen LogP) is 0.710. The van der Waals surface area contributed by atoms with E-state index in [4.69, 9.17) is 0 Å². The van der Waals surface area contributed by atoms with Crippen LogP contribution in [0.2, 0.25) is 0 Å². The van der Waals surface area contributed by atoms with Crippen molar-refractivity contribution in [1.82, 2.24) is 10.2 Å². The summed E-state index contributed by atoms with van der Waals surface area (Å²) in [6.07, 6.45) is 2.04. The number of hydrogen-bond acceptors (Lipinski definition) is 2. The van der Waals surface area contributed by atoms with Gasteiger partial charge in [0.2, 0.25) is 5.91 Å². The van der Waals surface area contributed by atoms with E-state index in [-0.39, 0.29) is 13.3 Å². The maximum atomic E-state index is 11.2. The molecule has 1 rings (SSSR count). The fraction of sp³-hybridized carbons (Fsp3) is 0.889. The zero-order valence-electron chi connectivity index (χ0n) is 7.97. The first-order valence-corrected chi connectivity index (χ1v) is 4.72. The van der Waals surface area contributed by atoms with Crippen molar-refractivity contribution >= 4 is 5.91 Å². The third-order valence-corrected chi connectivity index (χ3v) is 2.65. The smallest absolute Gasteiger partial charge is 0.222 e. The average Bonchev–Trinajstić information content (AvgIpc) is 2.17. The number of carbonyl (C=O) groups excluding carboxylic acids is 1. The molecule has 0 spiro atoms. The van der Waals surface area contributed by atoms with Gasteiger partial charge in [0.05, 0.1) is 0 Å². The highest BCUT2D eigenvalue weighted by Crippen LogP contribution is 2.16. The number of hydrogen-bond donors (Lipinski definition) is 1. The molecule has 0 radical (unpaired) electrons. The van der Waals surface area contributed by atoms with Crippen LogP contribution in [0, 0.1) is 5.92 Å². The van der Waals surface area contributed by atoms with E-state index < -0.39 is 0 Å². The molecule has 1 aliphatic rings. The Labute approximate surface area is 75.6 Å². The van der Waals surface area contributed by atoms with E-state index in [0.717, 1.165) is 32.5 Å². The van der Waals surface area contributed by atoms with Crippen LogP contribution in [-0.2, 0) is 4.79 Å². The minimum atomic E-state index is 0. The van der Waals surface area contributed by atoms with Crippen LogP contribution < -0.4 is 5.32 Å². The van der Waals surface area contributed by atoms with Crippen LogP contribution >= 0.6 is 0 Å². The van der Waals surface area contributed by atoms with Gasteiger partial charge in [0.1, 0.15) is 0 Å². The summed E-state index contributed by atoms with van der Waals surface area (Å²) in [6.45, 7) is 5.43. The number of amides is 1. The average molecular weight is 172 g/mol. The van der Waals surface area contributed by atoms with Crippen molar-refractivity contribution in [3.63, 3.8) is 0 Å². The van der Waals surface area contributed by atoms with Gasteiger partial charge in [0.25, 0.3) is 0 Å². The van der Waals surface area contributed by atoms with Crippen molar-refractivity contribution in [2.45, 2.75) is 19.8 Å². The SMILES string of the molecule is CCN1CCC(C(=O)NC)CC1.[HH]. The van der Waals surface area contributed by atoms with E-state index >= 15 is 0 Å². The molecule has 0 saturated carbocycles. The second-order valence-corrected chi connectivity index (χ2v) is 3.32. The molecule has 1 N–H and O–H groups in total. The number of carbonyl (C=O) groups is 1. The number of nitrogens with one attached hydrogen (secondary N) is 1. The quantitative estimate of drug-likeness (QED) is 0.665. The molecule has 72 valence electrons. The second-order valence-electron chi connectivity index (χ2n) is 3.32. The van der Waals surface area contributed by atoms with Crippen LogP contribution in [0.25, 0.3) is 0 Å². The molecule has 0 atom stereocenters. The first-order chi connectivity index (χ1) is 5.77. The molecule has 0 bridgehead atoms. The highest BCUT2D eigenvalue weighted by molar-refractivity contribution is 5.78. The summed E-state index contributed by atoms with van der Waals surface area (Å²) in [7, 11) is 1.72. The van der Waals surface area contributed by atoms with Gasteiger partial charge in [-0.15, -0.1) is 0 Å². The molecule has 0 aromatic heterocycles. The first-order valence-electron chi connectivity index (χ1n) is 4.72. The van der Waals surface area contributed by atoms with E-state index in [2.05, 4.69) is 17.1 Å². The lowest BCUT2D eigenvalue weighted by Crippen LogP contribution is -2.39. The molecule has 1 aliphatic heterocycles. The monoisotopic (exact) mass is 172 g/mol. The van der Waals surface area contributed by atoms with Gasteiger partial charge >= 0.3 is 0 Å². The van der Waals surface area contributed by atoms with Gasteiger partial charge in [0, 0.05) is 14.4 Å².